The lowest BCUT2D eigenvalue weighted by Crippen LogP contribution is -2.47. The molecule has 1 amide bonds. The van der Waals surface area contributed by atoms with E-state index in [1.54, 1.807) is 6.07 Å². The highest BCUT2D eigenvalue weighted by Gasteiger charge is 2.32. The van der Waals surface area contributed by atoms with Crippen molar-refractivity contribution >= 4 is 5.91 Å². The highest BCUT2D eigenvalue weighted by Crippen LogP contribution is 2.26. The fourth-order valence-electron chi connectivity index (χ4n) is 1.90. The summed E-state index contributed by atoms with van der Waals surface area (Å²) in [7, 11) is 0. The van der Waals surface area contributed by atoms with Gasteiger partial charge in [0.1, 0.15) is 11.9 Å². The summed E-state index contributed by atoms with van der Waals surface area (Å²) in [4.78, 5) is 11.8. The molecule has 0 aliphatic carbocycles. The lowest BCUT2D eigenvalue weighted by Gasteiger charge is -2.23. The molecule has 1 fully saturated rings. The maximum atomic E-state index is 12.3. The summed E-state index contributed by atoms with van der Waals surface area (Å²) < 4.78 is 46.0. The molecule has 0 bridgehead atoms. The van der Waals surface area contributed by atoms with Crippen LogP contribution in [0.1, 0.15) is 5.56 Å². The second-order valence-corrected chi connectivity index (χ2v) is 4.44. The summed E-state index contributed by atoms with van der Waals surface area (Å²) in [5.41, 5.74) is 0.243. The Labute approximate surface area is 119 Å². The van der Waals surface area contributed by atoms with Crippen LogP contribution in [0, 0.1) is 0 Å². The molecule has 0 saturated carbocycles. The van der Waals surface area contributed by atoms with Crippen molar-refractivity contribution < 1.29 is 27.4 Å². The van der Waals surface area contributed by atoms with Gasteiger partial charge in [0.05, 0.1) is 6.61 Å². The largest absolute Gasteiger partial charge is 0.573 e. The fraction of sp³-hybridized carbons (Fsp3) is 0.462. The zero-order chi connectivity index (χ0) is 15.3. The Morgan fingerprint density at radius 2 is 2.19 bits per heavy atom. The number of ether oxygens (including phenoxy) is 2. The number of halogens is 3. The van der Waals surface area contributed by atoms with Crippen molar-refractivity contribution in [2.45, 2.75) is 19.0 Å². The van der Waals surface area contributed by atoms with Crippen LogP contribution < -0.4 is 15.4 Å². The van der Waals surface area contributed by atoms with Gasteiger partial charge < -0.3 is 20.1 Å². The molecule has 1 aliphatic heterocycles. The molecule has 2 rings (SSSR count). The predicted molar refractivity (Wildman–Crippen MR) is 67.6 cm³/mol. The molecular weight excluding hydrogens is 289 g/mol. The number of morpholine rings is 1. The Kier molecular flexibility index (Phi) is 5.03. The zero-order valence-electron chi connectivity index (χ0n) is 11.1. The molecule has 1 atom stereocenters. The van der Waals surface area contributed by atoms with Gasteiger partial charge in [0, 0.05) is 25.2 Å². The van der Waals surface area contributed by atoms with Crippen molar-refractivity contribution in [3.8, 4) is 5.75 Å². The highest BCUT2D eigenvalue weighted by molar-refractivity contribution is 5.81. The first kappa shape index (κ1) is 15.6. The number of carbonyl (C=O) groups is 1. The molecule has 1 unspecified atom stereocenters. The summed E-state index contributed by atoms with van der Waals surface area (Å²) in [6, 6.07) is 5.67. The summed E-state index contributed by atoms with van der Waals surface area (Å²) in [5, 5.41) is 5.54. The summed E-state index contributed by atoms with van der Waals surface area (Å²) in [6.07, 6.45) is -5.40. The summed E-state index contributed by atoms with van der Waals surface area (Å²) in [5.74, 6) is -0.697. The zero-order valence-corrected chi connectivity index (χ0v) is 11.1. The maximum absolute atomic E-state index is 12.3. The van der Waals surface area contributed by atoms with E-state index in [1.807, 2.05) is 0 Å². The van der Waals surface area contributed by atoms with Crippen molar-refractivity contribution in [1.29, 1.82) is 0 Å². The van der Waals surface area contributed by atoms with Crippen LogP contribution in [0.3, 0.4) is 0 Å². The van der Waals surface area contributed by atoms with Crippen molar-refractivity contribution in [1.82, 2.24) is 10.6 Å². The number of nitrogens with one attached hydrogen (secondary N) is 2. The number of hydrogen-bond acceptors (Lipinski definition) is 4. The molecule has 1 saturated heterocycles. The van der Waals surface area contributed by atoms with Gasteiger partial charge in [-0.3, -0.25) is 4.79 Å². The van der Waals surface area contributed by atoms with E-state index in [2.05, 4.69) is 15.4 Å². The number of rotatable bonds is 4. The highest BCUT2D eigenvalue weighted by atomic mass is 19.4. The third-order valence-corrected chi connectivity index (χ3v) is 2.87. The van der Waals surface area contributed by atoms with Gasteiger partial charge in [-0.1, -0.05) is 18.2 Å². The van der Waals surface area contributed by atoms with E-state index < -0.39 is 12.5 Å². The Hall–Kier alpha value is -1.80. The average Bonchev–Trinajstić information content (AvgIpc) is 2.45. The van der Waals surface area contributed by atoms with E-state index in [9.17, 15) is 18.0 Å². The van der Waals surface area contributed by atoms with E-state index in [4.69, 9.17) is 4.74 Å². The van der Waals surface area contributed by atoms with Crippen LogP contribution in [0.4, 0.5) is 13.2 Å². The first-order chi connectivity index (χ1) is 9.96. The third kappa shape index (κ3) is 4.91. The van der Waals surface area contributed by atoms with Gasteiger partial charge >= 0.3 is 6.36 Å². The average molecular weight is 304 g/mol. The first-order valence-corrected chi connectivity index (χ1v) is 6.39. The van der Waals surface area contributed by atoms with Gasteiger partial charge in [-0.25, -0.2) is 0 Å². The van der Waals surface area contributed by atoms with Crippen LogP contribution in [0.25, 0.3) is 0 Å². The van der Waals surface area contributed by atoms with Crippen LogP contribution in [0.5, 0.6) is 5.75 Å². The number of para-hydroxylation sites is 1. The molecular formula is C13H15F3N2O3. The maximum Gasteiger partial charge on any atom is 0.573 e. The fourth-order valence-corrected chi connectivity index (χ4v) is 1.90. The second-order valence-electron chi connectivity index (χ2n) is 4.44. The molecule has 21 heavy (non-hydrogen) atoms. The molecule has 0 spiro atoms. The minimum atomic E-state index is -4.77. The molecule has 1 heterocycles. The molecule has 116 valence electrons. The lowest BCUT2D eigenvalue weighted by molar-refractivity contribution is -0.274. The minimum Gasteiger partial charge on any atom is -0.405 e. The van der Waals surface area contributed by atoms with E-state index >= 15 is 0 Å². The van der Waals surface area contributed by atoms with Crippen molar-refractivity contribution in [2.24, 2.45) is 0 Å². The Morgan fingerprint density at radius 3 is 2.86 bits per heavy atom. The summed E-state index contributed by atoms with van der Waals surface area (Å²) in [6.45, 7) is 1.41. The van der Waals surface area contributed by atoms with Gasteiger partial charge in [-0.05, 0) is 6.07 Å². The first-order valence-electron chi connectivity index (χ1n) is 6.39. The molecule has 5 nitrogen and oxygen atoms in total. The minimum absolute atomic E-state index is 0.0645. The molecule has 0 aromatic heterocycles. The smallest absolute Gasteiger partial charge is 0.405 e. The predicted octanol–water partition coefficient (Wildman–Crippen LogP) is 1.19. The third-order valence-electron chi connectivity index (χ3n) is 2.87. The Bertz CT molecular complexity index is 488. The van der Waals surface area contributed by atoms with E-state index in [1.165, 1.54) is 18.2 Å². The molecule has 1 aromatic carbocycles. The van der Waals surface area contributed by atoms with Crippen molar-refractivity contribution in [2.75, 3.05) is 19.7 Å². The standard InChI is InChI=1S/C13H15F3N2O3/c14-13(15,16)21-10-4-2-1-3-9(10)7-18-12(19)11-8-17-5-6-20-11/h1-4,11,17H,5-8H2,(H,18,19). The number of benzene rings is 1. The number of carbonyl (C=O) groups excluding carboxylic acids is 1. The van der Waals surface area contributed by atoms with Crippen molar-refractivity contribution in [3.05, 3.63) is 29.8 Å². The number of amides is 1. The Morgan fingerprint density at radius 1 is 1.43 bits per heavy atom. The van der Waals surface area contributed by atoms with E-state index in [-0.39, 0.29) is 23.8 Å². The molecule has 1 aromatic rings. The lowest BCUT2D eigenvalue weighted by atomic mass is 10.2. The van der Waals surface area contributed by atoms with Gasteiger partial charge in [-0.2, -0.15) is 0 Å². The van der Waals surface area contributed by atoms with Crippen LogP contribution in [-0.4, -0.2) is 38.1 Å². The molecule has 8 heteroatoms. The van der Waals surface area contributed by atoms with Crippen molar-refractivity contribution in [3.63, 3.8) is 0 Å². The van der Waals surface area contributed by atoms with Gasteiger partial charge in [0.25, 0.3) is 5.91 Å². The van der Waals surface area contributed by atoms with Crippen LogP contribution in [0.2, 0.25) is 0 Å². The molecule has 1 aliphatic rings. The quantitative estimate of drug-likeness (QED) is 0.877. The normalized spacial score (nSPS) is 19.1. The Balaban J connectivity index is 1.94. The van der Waals surface area contributed by atoms with E-state index in [0.29, 0.717) is 19.7 Å². The molecule has 2 N–H and O–H groups in total. The van der Waals surface area contributed by atoms with Crippen LogP contribution in [-0.2, 0) is 16.1 Å². The SMILES string of the molecule is O=C(NCc1ccccc1OC(F)(F)F)C1CNCCO1. The topological polar surface area (TPSA) is 59.6 Å². The van der Waals surface area contributed by atoms with Crippen LogP contribution in [0.15, 0.2) is 24.3 Å². The van der Waals surface area contributed by atoms with Crippen LogP contribution >= 0.6 is 0 Å². The molecule has 0 radical (unpaired) electrons. The second kappa shape index (κ2) is 6.77. The van der Waals surface area contributed by atoms with Gasteiger partial charge in [0.2, 0.25) is 0 Å². The van der Waals surface area contributed by atoms with Gasteiger partial charge in [-0.15, -0.1) is 13.2 Å². The number of alkyl halides is 3. The van der Waals surface area contributed by atoms with E-state index in [0.717, 1.165) is 0 Å². The number of hydrogen-bond donors (Lipinski definition) is 2. The van der Waals surface area contributed by atoms with Gasteiger partial charge in [0.15, 0.2) is 0 Å². The summed E-state index contributed by atoms with van der Waals surface area (Å²) >= 11 is 0. The monoisotopic (exact) mass is 304 g/mol.